The van der Waals surface area contributed by atoms with Crippen molar-refractivity contribution in [1.82, 2.24) is 15.3 Å². The van der Waals surface area contributed by atoms with E-state index in [1.807, 2.05) is 11.8 Å². The highest BCUT2D eigenvalue weighted by Gasteiger charge is 2.22. The number of rotatable bonds is 1. The smallest absolute Gasteiger partial charge is 0.146 e. The van der Waals surface area contributed by atoms with Crippen LogP contribution in [0.5, 0.6) is 0 Å². The van der Waals surface area contributed by atoms with Crippen molar-refractivity contribution in [3.05, 3.63) is 12.0 Å². The van der Waals surface area contributed by atoms with Gasteiger partial charge in [0, 0.05) is 38.4 Å². The largest absolute Gasteiger partial charge is 0.353 e. The minimum Gasteiger partial charge on any atom is -0.353 e. The molecule has 0 bridgehead atoms. The topological polar surface area (TPSA) is 41.1 Å². The summed E-state index contributed by atoms with van der Waals surface area (Å²) in [6.07, 6.45) is 2.81. The van der Waals surface area contributed by atoms with Gasteiger partial charge in [0.15, 0.2) is 0 Å². The van der Waals surface area contributed by atoms with Crippen molar-refractivity contribution in [2.24, 2.45) is 0 Å². The molecule has 0 aliphatic carbocycles. The molecular weight excluding hydrogens is 208 g/mol. The van der Waals surface area contributed by atoms with Crippen LogP contribution >= 0.6 is 11.8 Å². The monoisotopic (exact) mass is 222 g/mol. The maximum Gasteiger partial charge on any atom is 0.146 e. The minimum atomic E-state index is 1.06. The quantitative estimate of drug-likeness (QED) is 0.751. The van der Waals surface area contributed by atoms with E-state index < -0.39 is 0 Å². The summed E-state index contributed by atoms with van der Waals surface area (Å²) in [5.41, 5.74) is 1.24. The normalized spacial score (nSPS) is 20.4. The highest BCUT2D eigenvalue weighted by molar-refractivity contribution is 7.99. The van der Waals surface area contributed by atoms with E-state index in [4.69, 9.17) is 0 Å². The summed E-state index contributed by atoms with van der Waals surface area (Å²) < 4.78 is 0. The maximum absolute atomic E-state index is 4.44. The Morgan fingerprint density at radius 2 is 2.13 bits per heavy atom. The third-order valence-corrected chi connectivity index (χ3v) is 3.98. The Bertz CT molecular complexity index is 362. The minimum absolute atomic E-state index is 1.06. The van der Waals surface area contributed by atoms with Crippen molar-refractivity contribution in [2.45, 2.75) is 11.3 Å². The fraction of sp³-hybridized carbons (Fsp3) is 0.600. The molecule has 0 atom stereocenters. The van der Waals surface area contributed by atoms with Gasteiger partial charge in [-0.3, -0.25) is 0 Å². The number of hydrogen-bond acceptors (Lipinski definition) is 5. The maximum atomic E-state index is 4.44. The van der Waals surface area contributed by atoms with Gasteiger partial charge in [0.2, 0.25) is 0 Å². The Morgan fingerprint density at radius 1 is 1.27 bits per heavy atom. The van der Waals surface area contributed by atoms with Crippen molar-refractivity contribution in [2.75, 3.05) is 36.8 Å². The van der Waals surface area contributed by atoms with Gasteiger partial charge in [-0.25, -0.2) is 9.97 Å². The number of aryl methyl sites for hydroxylation is 1. The van der Waals surface area contributed by atoms with Crippen LogP contribution in [0.4, 0.5) is 5.82 Å². The summed E-state index contributed by atoms with van der Waals surface area (Å²) in [5, 5.41) is 3.36. The Morgan fingerprint density at radius 3 is 3.00 bits per heavy atom. The first-order valence-corrected chi connectivity index (χ1v) is 6.36. The molecule has 2 aliphatic heterocycles. The molecule has 5 heteroatoms. The Labute approximate surface area is 93.5 Å². The molecule has 0 saturated carbocycles. The first-order chi connectivity index (χ1) is 7.45. The fourth-order valence-electron chi connectivity index (χ4n) is 2.08. The number of thioether (sulfide) groups is 1. The summed E-state index contributed by atoms with van der Waals surface area (Å²) in [4.78, 5) is 12.5. The Balaban J connectivity index is 1.93. The standard InChI is InChI=1S/C10H14N4S/c1-6-15-9-8(1)12-7-13-10(9)14-4-2-11-3-5-14/h7,11H,1-6H2. The van der Waals surface area contributed by atoms with Crippen LogP contribution < -0.4 is 10.2 Å². The molecule has 4 nitrogen and oxygen atoms in total. The lowest BCUT2D eigenvalue weighted by molar-refractivity contribution is 0.581. The van der Waals surface area contributed by atoms with E-state index in [1.54, 1.807) is 6.33 Å². The summed E-state index contributed by atoms with van der Waals surface area (Å²) in [7, 11) is 0. The van der Waals surface area contributed by atoms with E-state index in [1.165, 1.54) is 10.6 Å². The summed E-state index contributed by atoms with van der Waals surface area (Å²) in [6.45, 7) is 4.24. The molecule has 1 fully saturated rings. The van der Waals surface area contributed by atoms with Crippen LogP contribution in [-0.4, -0.2) is 41.9 Å². The number of anilines is 1. The Hall–Kier alpha value is -0.810. The van der Waals surface area contributed by atoms with Crippen LogP contribution in [0.3, 0.4) is 0 Å². The third-order valence-electron chi connectivity index (χ3n) is 2.86. The number of nitrogens with one attached hydrogen (secondary N) is 1. The molecule has 15 heavy (non-hydrogen) atoms. The first kappa shape index (κ1) is 9.42. The zero-order chi connectivity index (χ0) is 10.1. The molecule has 3 heterocycles. The molecule has 2 aliphatic rings. The van der Waals surface area contributed by atoms with Gasteiger partial charge in [-0.2, -0.15) is 0 Å². The third kappa shape index (κ3) is 1.70. The predicted molar refractivity (Wildman–Crippen MR) is 61.5 cm³/mol. The second kappa shape index (κ2) is 3.98. The zero-order valence-electron chi connectivity index (χ0n) is 8.57. The lowest BCUT2D eigenvalue weighted by Gasteiger charge is -2.29. The van der Waals surface area contributed by atoms with Gasteiger partial charge in [-0.05, 0) is 0 Å². The van der Waals surface area contributed by atoms with Crippen molar-refractivity contribution in [1.29, 1.82) is 0 Å². The van der Waals surface area contributed by atoms with E-state index in [2.05, 4.69) is 20.2 Å². The van der Waals surface area contributed by atoms with Crippen LogP contribution in [-0.2, 0) is 6.42 Å². The zero-order valence-corrected chi connectivity index (χ0v) is 9.39. The number of nitrogens with zero attached hydrogens (tertiary/aromatic N) is 3. The molecular formula is C10H14N4S. The average molecular weight is 222 g/mol. The van der Waals surface area contributed by atoms with Crippen LogP contribution in [0.25, 0.3) is 0 Å². The van der Waals surface area contributed by atoms with Gasteiger partial charge in [0.05, 0.1) is 10.6 Å². The number of fused-ring (bicyclic) bond motifs is 1. The summed E-state index contributed by atoms with van der Waals surface area (Å²) in [6, 6.07) is 0. The van der Waals surface area contributed by atoms with Gasteiger partial charge < -0.3 is 10.2 Å². The van der Waals surface area contributed by atoms with Crippen LogP contribution in [0, 0.1) is 0 Å². The van der Waals surface area contributed by atoms with Crippen molar-refractivity contribution < 1.29 is 0 Å². The molecule has 80 valence electrons. The molecule has 1 aromatic heterocycles. The molecule has 1 saturated heterocycles. The predicted octanol–water partition coefficient (Wildman–Crippen LogP) is 0.534. The number of piperazine rings is 1. The highest BCUT2D eigenvalue weighted by Crippen LogP contribution is 2.36. The molecule has 0 radical (unpaired) electrons. The second-order valence-electron chi connectivity index (χ2n) is 3.81. The second-order valence-corrected chi connectivity index (χ2v) is 4.91. The average Bonchev–Trinajstić information content (AvgIpc) is 2.78. The molecule has 1 N–H and O–H groups in total. The van der Waals surface area contributed by atoms with Crippen molar-refractivity contribution in [3.8, 4) is 0 Å². The van der Waals surface area contributed by atoms with Gasteiger partial charge in [0.1, 0.15) is 12.1 Å². The van der Waals surface area contributed by atoms with E-state index in [9.17, 15) is 0 Å². The molecule has 0 unspecified atom stereocenters. The SMILES string of the molecule is c1nc2c(c(N3CCNCC3)n1)SCC2. The first-order valence-electron chi connectivity index (χ1n) is 5.37. The van der Waals surface area contributed by atoms with Crippen molar-refractivity contribution in [3.63, 3.8) is 0 Å². The molecule has 1 aromatic rings. The van der Waals surface area contributed by atoms with Crippen LogP contribution in [0.1, 0.15) is 5.69 Å². The van der Waals surface area contributed by atoms with Crippen molar-refractivity contribution >= 4 is 17.6 Å². The number of hydrogen-bond donors (Lipinski definition) is 1. The Kier molecular flexibility index (Phi) is 2.50. The lowest BCUT2D eigenvalue weighted by atomic mass is 10.3. The van der Waals surface area contributed by atoms with E-state index in [0.29, 0.717) is 0 Å². The molecule has 0 aromatic carbocycles. The van der Waals surface area contributed by atoms with E-state index in [0.717, 1.165) is 44.2 Å². The van der Waals surface area contributed by atoms with Gasteiger partial charge >= 0.3 is 0 Å². The summed E-state index contributed by atoms with van der Waals surface area (Å²) in [5.74, 6) is 2.32. The fourth-order valence-corrected chi connectivity index (χ4v) is 3.21. The molecule has 0 amide bonds. The van der Waals surface area contributed by atoms with Gasteiger partial charge in [-0.15, -0.1) is 11.8 Å². The van der Waals surface area contributed by atoms with E-state index >= 15 is 0 Å². The summed E-state index contributed by atoms with van der Waals surface area (Å²) >= 11 is 1.90. The highest BCUT2D eigenvalue weighted by atomic mass is 32.2. The van der Waals surface area contributed by atoms with Gasteiger partial charge in [0.25, 0.3) is 0 Å². The van der Waals surface area contributed by atoms with E-state index in [-0.39, 0.29) is 0 Å². The lowest BCUT2D eigenvalue weighted by Crippen LogP contribution is -2.44. The van der Waals surface area contributed by atoms with Crippen LogP contribution in [0.2, 0.25) is 0 Å². The van der Waals surface area contributed by atoms with Gasteiger partial charge in [-0.1, -0.05) is 0 Å². The number of aromatic nitrogens is 2. The molecule has 3 rings (SSSR count). The molecule has 0 spiro atoms. The van der Waals surface area contributed by atoms with Crippen LogP contribution in [0.15, 0.2) is 11.2 Å².